The fourth-order valence-electron chi connectivity index (χ4n) is 0.899. The van der Waals surface area contributed by atoms with Crippen LogP contribution in [0.4, 0.5) is 0 Å². The molecular formula is C6H3N5. The van der Waals surface area contributed by atoms with Crippen LogP contribution in [0, 0.1) is 0 Å². The van der Waals surface area contributed by atoms with Gasteiger partial charge in [-0.1, -0.05) is 6.08 Å². The highest BCUT2D eigenvalue weighted by molar-refractivity contribution is 6.50. The van der Waals surface area contributed by atoms with Gasteiger partial charge < -0.3 is 5.53 Å². The summed E-state index contributed by atoms with van der Waals surface area (Å²) in [5, 5.41) is 10.8. The van der Waals surface area contributed by atoms with Gasteiger partial charge in [-0.15, -0.1) is 10.2 Å². The summed E-state index contributed by atoms with van der Waals surface area (Å²) < 4.78 is 0. The topological polar surface area (TPSA) is 73.5 Å². The smallest absolute Gasteiger partial charge is 0.344 e. The maximum Gasteiger partial charge on any atom is 0.344 e. The van der Waals surface area contributed by atoms with Gasteiger partial charge in [0.2, 0.25) is 5.71 Å². The van der Waals surface area contributed by atoms with Crippen LogP contribution in [-0.2, 0) is 0 Å². The van der Waals surface area contributed by atoms with Crippen molar-refractivity contribution in [1.82, 2.24) is 0 Å². The molecule has 11 heavy (non-hydrogen) atoms. The molecule has 0 N–H and O–H groups in total. The lowest BCUT2D eigenvalue weighted by atomic mass is 10.1. The van der Waals surface area contributed by atoms with E-state index in [1.165, 1.54) is 0 Å². The Morgan fingerprint density at radius 2 is 2.36 bits per heavy atom. The van der Waals surface area contributed by atoms with Gasteiger partial charge >= 0.3 is 5.71 Å². The van der Waals surface area contributed by atoms with E-state index < -0.39 is 0 Å². The zero-order chi connectivity index (χ0) is 7.68. The molecule has 0 saturated heterocycles. The molecule has 5 nitrogen and oxygen atoms in total. The van der Waals surface area contributed by atoms with Crippen LogP contribution >= 0.6 is 0 Å². The molecule has 0 atom stereocenters. The van der Waals surface area contributed by atoms with Crippen molar-refractivity contribution in [3.8, 4) is 0 Å². The molecule has 1 heterocycles. The highest BCUT2D eigenvalue weighted by Gasteiger charge is 2.25. The molecule has 5 heteroatoms. The average molecular weight is 145 g/mol. The Labute approximate surface area is 62.1 Å². The van der Waals surface area contributed by atoms with E-state index >= 15 is 0 Å². The molecule has 1 aliphatic carbocycles. The van der Waals surface area contributed by atoms with E-state index in [0.29, 0.717) is 17.1 Å². The monoisotopic (exact) mass is 145 g/mol. The third-order valence-corrected chi connectivity index (χ3v) is 1.40. The van der Waals surface area contributed by atoms with Gasteiger partial charge in [-0.25, -0.2) is 0 Å². The number of hydrogen-bond acceptors (Lipinski definition) is 3. The second-order valence-electron chi connectivity index (χ2n) is 2.03. The number of rotatable bonds is 0. The Hall–Kier alpha value is -1.87. The maximum atomic E-state index is 8.48. The van der Waals surface area contributed by atoms with Crippen molar-refractivity contribution >= 4 is 11.4 Å². The van der Waals surface area contributed by atoms with Crippen LogP contribution in [0.1, 0.15) is 0 Å². The number of allylic oxidation sites excluding steroid dienone is 4. The average Bonchev–Trinajstić information content (AvgIpc) is 2.50. The highest BCUT2D eigenvalue weighted by atomic mass is 15.4. The minimum atomic E-state index is 0.396. The summed E-state index contributed by atoms with van der Waals surface area (Å²) in [5.74, 6) is 0. The molecule has 0 saturated carbocycles. The van der Waals surface area contributed by atoms with E-state index in [1.807, 2.05) is 0 Å². The van der Waals surface area contributed by atoms with Gasteiger partial charge in [-0.3, -0.25) is 0 Å². The van der Waals surface area contributed by atoms with Crippen LogP contribution in [0.15, 0.2) is 39.4 Å². The van der Waals surface area contributed by atoms with Crippen molar-refractivity contribution in [1.29, 1.82) is 0 Å². The first-order valence-electron chi connectivity index (χ1n) is 3.01. The number of nitrogens with zero attached hydrogens (tertiary/aromatic N) is 5. The molecule has 0 radical (unpaired) electrons. The molecule has 52 valence electrons. The predicted molar refractivity (Wildman–Crippen MR) is 38.1 cm³/mol. The van der Waals surface area contributed by atoms with Crippen molar-refractivity contribution < 1.29 is 4.79 Å². The van der Waals surface area contributed by atoms with E-state index in [0.717, 1.165) is 0 Å². The summed E-state index contributed by atoms with van der Waals surface area (Å²) >= 11 is 0. The lowest BCUT2D eigenvalue weighted by Crippen LogP contribution is -2.14. The molecule has 0 aromatic heterocycles. The molecule has 0 spiro atoms. The molecule has 0 fully saturated rings. The molecule has 0 unspecified atom stereocenters. The highest BCUT2D eigenvalue weighted by Crippen LogP contribution is 2.14. The molecule has 0 aromatic carbocycles. The van der Waals surface area contributed by atoms with Crippen LogP contribution in [0.5, 0.6) is 0 Å². The minimum absolute atomic E-state index is 0.396. The molecular weight excluding hydrogens is 142 g/mol. The standard InChI is InChI=1S/C6H3N5/c7-8-4-2-1-3-5-6(4)10-11-9-5/h1-3H. The minimum Gasteiger partial charge on any atom is -0.361 e. The molecule has 0 bridgehead atoms. The number of fused-ring (bicyclic) bond motifs is 1. The van der Waals surface area contributed by atoms with Gasteiger partial charge in [0.05, 0.1) is 0 Å². The predicted octanol–water partition coefficient (Wildman–Crippen LogP) is 0.933. The zero-order valence-corrected chi connectivity index (χ0v) is 5.47. The SMILES string of the molecule is [N-]=[N+]=C1C=CC=C2N=NN=C21. The summed E-state index contributed by atoms with van der Waals surface area (Å²) in [6, 6.07) is 0. The molecule has 2 aliphatic rings. The maximum absolute atomic E-state index is 8.48. The van der Waals surface area contributed by atoms with Gasteiger partial charge in [0.1, 0.15) is 5.70 Å². The van der Waals surface area contributed by atoms with Gasteiger partial charge in [0.15, 0.2) is 0 Å². The van der Waals surface area contributed by atoms with Crippen LogP contribution < -0.4 is 0 Å². The zero-order valence-electron chi connectivity index (χ0n) is 5.47. The Morgan fingerprint density at radius 1 is 1.45 bits per heavy atom. The van der Waals surface area contributed by atoms with Gasteiger partial charge in [-0.2, -0.15) is 4.79 Å². The third kappa shape index (κ3) is 0.754. The fraction of sp³-hybridized carbons (Fsp3) is 0. The summed E-state index contributed by atoms with van der Waals surface area (Å²) in [7, 11) is 0. The Kier molecular flexibility index (Phi) is 1.11. The Balaban J connectivity index is 2.59. The van der Waals surface area contributed by atoms with Gasteiger partial charge in [-0.05, 0) is 11.3 Å². The molecule has 0 amide bonds. The molecule has 1 aliphatic heterocycles. The summed E-state index contributed by atoms with van der Waals surface area (Å²) in [6.07, 6.45) is 5.12. The summed E-state index contributed by atoms with van der Waals surface area (Å²) in [4.78, 5) is 3.03. The van der Waals surface area contributed by atoms with Gasteiger partial charge in [0.25, 0.3) is 0 Å². The van der Waals surface area contributed by atoms with E-state index in [4.69, 9.17) is 5.53 Å². The molecule has 2 rings (SSSR count). The second-order valence-corrected chi connectivity index (χ2v) is 2.03. The normalized spacial score (nSPS) is 19.1. The third-order valence-electron chi connectivity index (χ3n) is 1.40. The van der Waals surface area contributed by atoms with Crippen molar-refractivity contribution in [2.75, 3.05) is 0 Å². The van der Waals surface area contributed by atoms with E-state index in [9.17, 15) is 0 Å². The van der Waals surface area contributed by atoms with Crippen molar-refractivity contribution in [2.24, 2.45) is 15.4 Å². The number of hydrogen-bond donors (Lipinski definition) is 0. The first-order chi connectivity index (χ1) is 5.42. The van der Waals surface area contributed by atoms with Crippen LogP contribution in [0.25, 0.3) is 5.53 Å². The van der Waals surface area contributed by atoms with Crippen LogP contribution in [0.2, 0.25) is 0 Å². The van der Waals surface area contributed by atoms with Crippen molar-refractivity contribution in [3.63, 3.8) is 0 Å². The fourth-order valence-corrected chi connectivity index (χ4v) is 0.899. The first kappa shape index (κ1) is 5.88. The summed E-state index contributed by atoms with van der Waals surface area (Å²) in [6.45, 7) is 0. The van der Waals surface area contributed by atoms with Crippen molar-refractivity contribution in [2.45, 2.75) is 0 Å². The van der Waals surface area contributed by atoms with E-state index in [2.05, 4.69) is 20.2 Å². The summed E-state index contributed by atoms with van der Waals surface area (Å²) in [5.41, 5.74) is 10.0. The first-order valence-corrected chi connectivity index (χ1v) is 3.01. The second kappa shape index (κ2) is 2.07. The Morgan fingerprint density at radius 3 is 3.18 bits per heavy atom. The van der Waals surface area contributed by atoms with Crippen LogP contribution in [0.3, 0.4) is 0 Å². The Bertz CT molecular complexity index is 364. The molecule has 0 aromatic rings. The largest absolute Gasteiger partial charge is 0.361 e. The van der Waals surface area contributed by atoms with Gasteiger partial charge in [0, 0.05) is 6.08 Å². The van der Waals surface area contributed by atoms with Crippen LogP contribution in [-0.4, -0.2) is 16.2 Å². The quantitative estimate of drug-likeness (QED) is 0.276. The lowest BCUT2D eigenvalue weighted by molar-refractivity contribution is 0.000150. The lowest BCUT2D eigenvalue weighted by Gasteiger charge is -1.93. The van der Waals surface area contributed by atoms with E-state index in [-0.39, 0.29) is 0 Å². The van der Waals surface area contributed by atoms with E-state index in [1.54, 1.807) is 18.2 Å². The van der Waals surface area contributed by atoms with Crippen molar-refractivity contribution in [3.05, 3.63) is 29.5 Å².